The molecule has 0 spiro atoms. The fourth-order valence-electron chi connectivity index (χ4n) is 2.11. The van der Waals surface area contributed by atoms with Gasteiger partial charge in [-0.1, -0.05) is 23.7 Å². The predicted octanol–water partition coefficient (Wildman–Crippen LogP) is 5.57. The Morgan fingerprint density at radius 1 is 1.30 bits per heavy atom. The third-order valence-corrected chi connectivity index (χ3v) is 3.96. The number of allylic oxidation sites excluding steroid dienone is 1. The molecule has 5 heteroatoms. The van der Waals surface area contributed by atoms with Crippen LogP contribution in [0.1, 0.15) is 18.1 Å². The molecule has 2 rings (SSSR count). The van der Waals surface area contributed by atoms with Crippen molar-refractivity contribution in [2.75, 3.05) is 13.7 Å². The zero-order chi connectivity index (χ0) is 16.8. The second-order valence-corrected chi connectivity index (χ2v) is 5.93. The van der Waals surface area contributed by atoms with Crippen molar-refractivity contribution < 1.29 is 9.47 Å². The van der Waals surface area contributed by atoms with E-state index in [1.165, 1.54) is 0 Å². The SMILES string of the molecule is CCOc1cc(/C=C(/C#N)c2ccc(Cl)cc2)cc(Br)c1OC. The highest BCUT2D eigenvalue weighted by atomic mass is 79.9. The topological polar surface area (TPSA) is 42.2 Å². The van der Waals surface area contributed by atoms with Crippen LogP contribution >= 0.6 is 27.5 Å². The average Bonchev–Trinajstić information content (AvgIpc) is 2.54. The van der Waals surface area contributed by atoms with Gasteiger partial charge in [-0.3, -0.25) is 0 Å². The van der Waals surface area contributed by atoms with Gasteiger partial charge in [-0.05, 0) is 64.3 Å². The Hall–Kier alpha value is -1.96. The minimum atomic E-state index is 0.526. The standard InChI is InChI=1S/C18H15BrClNO2/c1-3-23-17-10-12(9-16(19)18(17)22-2)8-14(11-21)13-4-6-15(20)7-5-13/h4-10H,3H2,1-2H3/b14-8-. The maximum atomic E-state index is 9.43. The van der Waals surface area contributed by atoms with Gasteiger partial charge in [0, 0.05) is 5.02 Å². The van der Waals surface area contributed by atoms with Crippen LogP contribution in [-0.2, 0) is 0 Å². The van der Waals surface area contributed by atoms with Gasteiger partial charge in [0.1, 0.15) is 0 Å². The van der Waals surface area contributed by atoms with E-state index in [1.54, 1.807) is 25.3 Å². The average molecular weight is 393 g/mol. The molecule has 0 radical (unpaired) electrons. The van der Waals surface area contributed by atoms with Crippen LogP contribution in [0.15, 0.2) is 40.9 Å². The van der Waals surface area contributed by atoms with E-state index >= 15 is 0 Å². The zero-order valence-electron chi connectivity index (χ0n) is 12.8. The van der Waals surface area contributed by atoms with Crippen LogP contribution in [0.5, 0.6) is 11.5 Å². The number of benzene rings is 2. The Morgan fingerprint density at radius 2 is 2.00 bits per heavy atom. The third-order valence-electron chi connectivity index (χ3n) is 3.12. The lowest BCUT2D eigenvalue weighted by Crippen LogP contribution is -1.96. The minimum Gasteiger partial charge on any atom is -0.492 e. The first kappa shape index (κ1) is 17.4. The molecule has 0 amide bonds. The Balaban J connectivity index is 2.48. The van der Waals surface area contributed by atoms with Crippen LogP contribution in [0.2, 0.25) is 5.02 Å². The molecule has 0 unspecified atom stereocenters. The van der Waals surface area contributed by atoms with Crippen molar-refractivity contribution in [1.29, 1.82) is 5.26 Å². The number of hydrogen-bond donors (Lipinski definition) is 0. The van der Waals surface area contributed by atoms with Crippen molar-refractivity contribution in [1.82, 2.24) is 0 Å². The second kappa shape index (κ2) is 8.05. The lowest BCUT2D eigenvalue weighted by molar-refractivity contribution is 0.310. The largest absolute Gasteiger partial charge is 0.492 e. The molecule has 23 heavy (non-hydrogen) atoms. The van der Waals surface area contributed by atoms with Gasteiger partial charge >= 0.3 is 0 Å². The maximum absolute atomic E-state index is 9.43. The van der Waals surface area contributed by atoms with Crippen molar-refractivity contribution in [3.8, 4) is 17.6 Å². The maximum Gasteiger partial charge on any atom is 0.174 e. The first-order valence-corrected chi connectivity index (χ1v) is 8.14. The van der Waals surface area contributed by atoms with Crippen molar-refractivity contribution in [2.45, 2.75) is 6.92 Å². The zero-order valence-corrected chi connectivity index (χ0v) is 15.1. The van der Waals surface area contributed by atoms with Gasteiger partial charge in [-0.25, -0.2) is 0 Å². The summed E-state index contributed by atoms with van der Waals surface area (Å²) in [6, 6.07) is 13.1. The molecule has 2 aromatic rings. The van der Waals surface area contributed by atoms with Gasteiger partial charge in [-0.15, -0.1) is 0 Å². The molecule has 2 aromatic carbocycles. The molecule has 118 valence electrons. The summed E-state index contributed by atoms with van der Waals surface area (Å²) in [6.07, 6.45) is 1.80. The highest BCUT2D eigenvalue weighted by Crippen LogP contribution is 2.37. The molecule has 0 fully saturated rings. The summed E-state index contributed by atoms with van der Waals surface area (Å²) in [5.41, 5.74) is 2.19. The van der Waals surface area contributed by atoms with Crippen molar-refractivity contribution in [3.05, 3.63) is 57.0 Å². The van der Waals surface area contributed by atoms with Crippen molar-refractivity contribution >= 4 is 39.2 Å². The highest BCUT2D eigenvalue weighted by molar-refractivity contribution is 9.10. The van der Waals surface area contributed by atoms with E-state index in [0.29, 0.717) is 28.7 Å². The van der Waals surface area contributed by atoms with E-state index in [9.17, 15) is 5.26 Å². The van der Waals surface area contributed by atoms with Gasteiger partial charge in [0.2, 0.25) is 0 Å². The number of halogens is 2. The van der Waals surface area contributed by atoms with Crippen LogP contribution in [0.3, 0.4) is 0 Å². The van der Waals surface area contributed by atoms with Gasteiger partial charge in [0.05, 0.1) is 29.8 Å². The van der Waals surface area contributed by atoms with Crippen molar-refractivity contribution in [3.63, 3.8) is 0 Å². The number of nitrogens with zero attached hydrogens (tertiary/aromatic N) is 1. The van der Waals surface area contributed by atoms with Crippen LogP contribution in [0, 0.1) is 11.3 Å². The number of hydrogen-bond acceptors (Lipinski definition) is 3. The fourth-order valence-corrected chi connectivity index (χ4v) is 2.86. The van der Waals surface area contributed by atoms with Gasteiger partial charge in [0.25, 0.3) is 0 Å². The summed E-state index contributed by atoms with van der Waals surface area (Å²) in [7, 11) is 1.59. The molecule has 3 nitrogen and oxygen atoms in total. The molecule has 0 atom stereocenters. The molecule has 0 saturated carbocycles. The van der Waals surface area contributed by atoms with Crippen molar-refractivity contribution in [2.24, 2.45) is 0 Å². The molecule has 0 aliphatic heterocycles. The number of nitriles is 1. The molecule has 0 aliphatic carbocycles. The van der Waals surface area contributed by atoms with Crippen LogP contribution in [-0.4, -0.2) is 13.7 Å². The lowest BCUT2D eigenvalue weighted by Gasteiger charge is -2.12. The Labute approximate surface area is 149 Å². The van der Waals surface area contributed by atoms with Gasteiger partial charge in [0.15, 0.2) is 11.5 Å². The second-order valence-electron chi connectivity index (χ2n) is 4.64. The predicted molar refractivity (Wildman–Crippen MR) is 96.8 cm³/mol. The molecule has 0 aromatic heterocycles. The van der Waals surface area contributed by atoms with E-state index < -0.39 is 0 Å². The summed E-state index contributed by atoms with van der Waals surface area (Å²) in [6.45, 7) is 2.43. The smallest absolute Gasteiger partial charge is 0.174 e. The molecule has 0 saturated heterocycles. The van der Waals surface area contributed by atoms with Crippen LogP contribution in [0.4, 0.5) is 0 Å². The quantitative estimate of drug-likeness (QED) is 0.493. The van der Waals surface area contributed by atoms with Crippen LogP contribution in [0.25, 0.3) is 11.6 Å². The summed E-state index contributed by atoms with van der Waals surface area (Å²) in [5, 5.41) is 10.1. The number of methoxy groups -OCH3 is 1. The number of ether oxygens (including phenoxy) is 2. The highest BCUT2D eigenvalue weighted by Gasteiger charge is 2.11. The molecule has 0 N–H and O–H groups in total. The van der Waals surface area contributed by atoms with E-state index in [0.717, 1.165) is 15.6 Å². The Bertz CT molecular complexity index is 764. The Kier molecular flexibility index (Phi) is 6.09. The van der Waals surface area contributed by atoms with Crippen LogP contribution < -0.4 is 9.47 Å². The first-order chi connectivity index (χ1) is 11.1. The first-order valence-electron chi connectivity index (χ1n) is 6.97. The molecular formula is C18H15BrClNO2. The van der Waals surface area contributed by atoms with Gasteiger partial charge < -0.3 is 9.47 Å². The third kappa shape index (κ3) is 4.28. The molecule has 0 heterocycles. The summed E-state index contributed by atoms with van der Waals surface area (Å²) >= 11 is 9.36. The normalized spacial score (nSPS) is 11.0. The Morgan fingerprint density at radius 3 is 2.57 bits per heavy atom. The monoisotopic (exact) mass is 391 g/mol. The molecule has 0 bridgehead atoms. The lowest BCUT2D eigenvalue weighted by atomic mass is 10.0. The summed E-state index contributed by atoms with van der Waals surface area (Å²) < 4.78 is 11.7. The minimum absolute atomic E-state index is 0.526. The van der Waals surface area contributed by atoms with E-state index in [2.05, 4.69) is 22.0 Å². The summed E-state index contributed by atoms with van der Waals surface area (Å²) in [4.78, 5) is 0. The number of rotatable bonds is 5. The molecule has 0 aliphatic rings. The summed E-state index contributed by atoms with van der Waals surface area (Å²) in [5.74, 6) is 1.26. The van der Waals surface area contributed by atoms with Gasteiger partial charge in [-0.2, -0.15) is 5.26 Å². The molecular weight excluding hydrogens is 378 g/mol. The fraction of sp³-hybridized carbons (Fsp3) is 0.167. The van der Waals surface area contributed by atoms with E-state index in [4.69, 9.17) is 21.1 Å². The van der Waals surface area contributed by atoms with E-state index in [1.807, 2.05) is 31.2 Å². The van der Waals surface area contributed by atoms with E-state index in [-0.39, 0.29) is 0 Å².